The fourth-order valence-electron chi connectivity index (χ4n) is 3.40. The summed E-state index contributed by atoms with van der Waals surface area (Å²) in [6.07, 6.45) is 2.99. The fourth-order valence-corrected chi connectivity index (χ4v) is 4.19. The van der Waals surface area contributed by atoms with Crippen LogP contribution in [0, 0.1) is 0 Å². The number of carbonyl (C=O) groups is 1. The van der Waals surface area contributed by atoms with Gasteiger partial charge in [-0.25, -0.2) is 4.98 Å². The second kappa shape index (κ2) is 8.49. The Kier molecular flexibility index (Phi) is 5.62. The van der Waals surface area contributed by atoms with Crippen LogP contribution in [0.3, 0.4) is 0 Å². The normalized spacial score (nSPS) is 13.7. The van der Waals surface area contributed by atoms with Gasteiger partial charge in [0.1, 0.15) is 10.7 Å². The number of hydrogen-bond donors (Lipinski definition) is 0. The number of carbonyl (C=O) groups excluding carboxylic acids is 1. The molecule has 0 aliphatic carbocycles. The zero-order valence-electron chi connectivity index (χ0n) is 16.4. The van der Waals surface area contributed by atoms with Crippen LogP contribution in [0.4, 0.5) is 0 Å². The molecule has 0 N–H and O–H groups in total. The Hall–Kier alpha value is -3.12. The summed E-state index contributed by atoms with van der Waals surface area (Å²) in [6.45, 7) is 1.30. The standard InChI is InChI=1S/C23H22N2O3S/c1-27-20-9-8-18(14-21(20)28-2)22-24-19(15-29-22)23(26)25-12-10-17(11-13-25)16-6-4-3-5-7-16/h3-10,14-15H,11-13H2,1-2H3. The molecule has 2 aromatic carbocycles. The molecule has 3 aromatic rings. The van der Waals surface area contributed by atoms with Gasteiger partial charge in [-0.3, -0.25) is 4.79 Å². The number of benzene rings is 2. The summed E-state index contributed by atoms with van der Waals surface area (Å²) in [7, 11) is 3.21. The second-order valence-electron chi connectivity index (χ2n) is 6.70. The van der Waals surface area contributed by atoms with Gasteiger partial charge in [-0.15, -0.1) is 11.3 Å². The van der Waals surface area contributed by atoms with E-state index >= 15 is 0 Å². The van der Waals surface area contributed by atoms with Gasteiger partial charge in [-0.2, -0.15) is 0 Å². The van der Waals surface area contributed by atoms with E-state index in [1.165, 1.54) is 22.5 Å². The van der Waals surface area contributed by atoms with E-state index in [1.807, 2.05) is 46.7 Å². The Morgan fingerprint density at radius 2 is 1.83 bits per heavy atom. The molecule has 0 bridgehead atoms. The van der Waals surface area contributed by atoms with Gasteiger partial charge in [0.25, 0.3) is 5.91 Å². The van der Waals surface area contributed by atoms with E-state index in [-0.39, 0.29) is 5.91 Å². The maximum Gasteiger partial charge on any atom is 0.273 e. The van der Waals surface area contributed by atoms with Crippen LogP contribution in [0.1, 0.15) is 22.5 Å². The predicted octanol–water partition coefficient (Wildman–Crippen LogP) is 4.76. The average molecular weight is 407 g/mol. The van der Waals surface area contributed by atoms with Gasteiger partial charge in [0, 0.05) is 24.0 Å². The first-order chi connectivity index (χ1) is 14.2. The highest BCUT2D eigenvalue weighted by Crippen LogP contribution is 2.34. The number of thiazole rings is 1. The molecule has 4 rings (SSSR count). The van der Waals surface area contributed by atoms with Gasteiger partial charge in [0.2, 0.25) is 0 Å². The van der Waals surface area contributed by atoms with Crippen molar-refractivity contribution in [2.24, 2.45) is 0 Å². The fraction of sp³-hybridized carbons (Fsp3) is 0.217. The number of rotatable bonds is 5. The molecule has 0 radical (unpaired) electrons. The summed E-state index contributed by atoms with van der Waals surface area (Å²) in [4.78, 5) is 19.3. The first-order valence-electron chi connectivity index (χ1n) is 9.41. The minimum absolute atomic E-state index is 0.0312. The van der Waals surface area contributed by atoms with E-state index in [2.05, 4.69) is 23.2 Å². The van der Waals surface area contributed by atoms with Crippen LogP contribution in [0.2, 0.25) is 0 Å². The van der Waals surface area contributed by atoms with Crippen molar-refractivity contribution in [2.75, 3.05) is 27.3 Å². The van der Waals surface area contributed by atoms with Crippen molar-refractivity contribution in [3.8, 4) is 22.1 Å². The van der Waals surface area contributed by atoms with Crippen LogP contribution in [0.25, 0.3) is 16.1 Å². The van der Waals surface area contributed by atoms with Gasteiger partial charge in [-0.1, -0.05) is 36.4 Å². The monoisotopic (exact) mass is 406 g/mol. The molecule has 0 saturated carbocycles. The van der Waals surface area contributed by atoms with Gasteiger partial charge < -0.3 is 14.4 Å². The Bertz CT molecular complexity index is 1040. The smallest absolute Gasteiger partial charge is 0.273 e. The predicted molar refractivity (Wildman–Crippen MR) is 116 cm³/mol. The summed E-state index contributed by atoms with van der Waals surface area (Å²) in [5, 5.41) is 2.61. The molecule has 2 heterocycles. The molecule has 0 unspecified atom stereocenters. The Morgan fingerprint density at radius 1 is 1.03 bits per heavy atom. The molecule has 6 heteroatoms. The van der Waals surface area contributed by atoms with E-state index in [0.717, 1.165) is 17.0 Å². The van der Waals surface area contributed by atoms with Crippen molar-refractivity contribution >= 4 is 22.8 Å². The number of amides is 1. The lowest BCUT2D eigenvalue weighted by atomic mass is 9.99. The molecule has 0 saturated heterocycles. The van der Waals surface area contributed by atoms with Crippen molar-refractivity contribution in [1.29, 1.82) is 0 Å². The summed E-state index contributed by atoms with van der Waals surface area (Å²) >= 11 is 1.45. The van der Waals surface area contributed by atoms with Crippen molar-refractivity contribution in [2.45, 2.75) is 6.42 Å². The maximum absolute atomic E-state index is 12.9. The van der Waals surface area contributed by atoms with Crippen molar-refractivity contribution < 1.29 is 14.3 Å². The quantitative estimate of drug-likeness (QED) is 0.613. The summed E-state index contributed by atoms with van der Waals surface area (Å²) in [6, 6.07) is 16.0. The first kappa shape index (κ1) is 19.2. The molecule has 1 aromatic heterocycles. The number of hydrogen-bond acceptors (Lipinski definition) is 5. The summed E-state index contributed by atoms with van der Waals surface area (Å²) in [5.74, 6) is 1.28. The van der Waals surface area contributed by atoms with E-state index in [9.17, 15) is 4.79 Å². The Balaban J connectivity index is 1.49. The molecule has 0 fully saturated rings. The lowest BCUT2D eigenvalue weighted by molar-refractivity contribution is 0.0768. The second-order valence-corrected chi connectivity index (χ2v) is 7.56. The van der Waals surface area contributed by atoms with Gasteiger partial charge in [0.15, 0.2) is 11.5 Å². The number of methoxy groups -OCH3 is 2. The zero-order valence-corrected chi connectivity index (χ0v) is 17.2. The lowest BCUT2D eigenvalue weighted by Crippen LogP contribution is -2.34. The average Bonchev–Trinajstić information content (AvgIpc) is 3.29. The SMILES string of the molecule is COc1ccc(-c2nc(C(=O)N3CC=C(c4ccccc4)CC3)cs2)cc1OC. The molecule has 29 heavy (non-hydrogen) atoms. The minimum Gasteiger partial charge on any atom is -0.493 e. The summed E-state index contributed by atoms with van der Waals surface area (Å²) < 4.78 is 10.6. The zero-order chi connectivity index (χ0) is 20.2. The summed E-state index contributed by atoms with van der Waals surface area (Å²) in [5.41, 5.74) is 3.90. The molecular formula is C23H22N2O3S. The number of aromatic nitrogens is 1. The highest BCUT2D eigenvalue weighted by molar-refractivity contribution is 7.13. The molecule has 1 aliphatic heterocycles. The van der Waals surface area contributed by atoms with Crippen molar-refractivity contribution in [3.63, 3.8) is 0 Å². The largest absolute Gasteiger partial charge is 0.493 e. The number of ether oxygens (including phenoxy) is 2. The third-order valence-corrected chi connectivity index (χ3v) is 5.89. The van der Waals surface area contributed by atoms with Crippen LogP contribution in [-0.2, 0) is 0 Å². The molecular weight excluding hydrogens is 384 g/mol. The van der Waals surface area contributed by atoms with Crippen LogP contribution >= 0.6 is 11.3 Å². The minimum atomic E-state index is -0.0312. The third kappa shape index (κ3) is 4.03. The maximum atomic E-state index is 12.9. The Morgan fingerprint density at radius 3 is 2.52 bits per heavy atom. The highest BCUT2D eigenvalue weighted by atomic mass is 32.1. The van der Waals surface area contributed by atoms with Crippen molar-refractivity contribution in [1.82, 2.24) is 9.88 Å². The van der Waals surface area contributed by atoms with E-state index < -0.39 is 0 Å². The molecule has 1 aliphatic rings. The highest BCUT2D eigenvalue weighted by Gasteiger charge is 2.22. The van der Waals surface area contributed by atoms with Gasteiger partial charge in [-0.05, 0) is 35.8 Å². The molecule has 5 nitrogen and oxygen atoms in total. The number of nitrogens with zero attached hydrogens (tertiary/aromatic N) is 2. The van der Waals surface area contributed by atoms with E-state index in [0.29, 0.717) is 30.3 Å². The van der Waals surface area contributed by atoms with Crippen LogP contribution < -0.4 is 9.47 Å². The van der Waals surface area contributed by atoms with Crippen molar-refractivity contribution in [3.05, 3.63) is 71.2 Å². The third-order valence-electron chi connectivity index (χ3n) is 4.99. The van der Waals surface area contributed by atoms with Gasteiger partial charge >= 0.3 is 0 Å². The van der Waals surface area contributed by atoms with E-state index in [1.54, 1.807) is 14.2 Å². The molecule has 0 spiro atoms. The lowest BCUT2D eigenvalue weighted by Gasteiger charge is -2.26. The first-order valence-corrected chi connectivity index (χ1v) is 10.3. The molecule has 148 valence electrons. The molecule has 0 atom stereocenters. The van der Waals surface area contributed by atoms with Crippen LogP contribution in [-0.4, -0.2) is 43.1 Å². The van der Waals surface area contributed by atoms with E-state index in [4.69, 9.17) is 9.47 Å². The van der Waals surface area contributed by atoms with Crippen LogP contribution in [0.5, 0.6) is 11.5 Å². The topological polar surface area (TPSA) is 51.7 Å². The Labute approximate surface area is 174 Å². The molecule has 1 amide bonds. The van der Waals surface area contributed by atoms with Gasteiger partial charge in [0.05, 0.1) is 14.2 Å². The van der Waals surface area contributed by atoms with Crippen LogP contribution in [0.15, 0.2) is 60.0 Å².